The van der Waals surface area contributed by atoms with Crippen molar-refractivity contribution in [2.24, 2.45) is 5.41 Å². The lowest BCUT2D eigenvalue weighted by Gasteiger charge is -2.32. The Kier molecular flexibility index (Phi) is 5.27. The van der Waals surface area contributed by atoms with Crippen LogP contribution in [-0.2, 0) is 20.8 Å². The Morgan fingerprint density at radius 1 is 1.23 bits per heavy atom. The smallest absolute Gasteiger partial charge is 0.239 e. The fourth-order valence-corrected chi connectivity index (χ4v) is 3.32. The molecule has 0 spiro atoms. The zero-order valence-electron chi connectivity index (χ0n) is 15.4. The Bertz CT molecular complexity index is 712. The summed E-state index contributed by atoms with van der Waals surface area (Å²) < 4.78 is 0. The number of amides is 3. The van der Waals surface area contributed by atoms with Gasteiger partial charge >= 0.3 is 0 Å². The topological polar surface area (TPSA) is 81.8 Å². The van der Waals surface area contributed by atoms with Crippen LogP contribution < -0.4 is 10.6 Å². The molecule has 2 aliphatic heterocycles. The lowest BCUT2D eigenvalue weighted by Crippen LogP contribution is -2.47. The summed E-state index contributed by atoms with van der Waals surface area (Å²) in [5.74, 6) is -0.449. The van der Waals surface area contributed by atoms with Crippen molar-refractivity contribution >= 4 is 23.4 Å². The third-order valence-electron chi connectivity index (χ3n) is 5.31. The van der Waals surface area contributed by atoms with E-state index in [-0.39, 0.29) is 17.7 Å². The molecule has 26 heavy (non-hydrogen) atoms. The summed E-state index contributed by atoms with van der Waals surface area (Å²) in [4.78, 5) is 41.0. The molecule has 1 aromatic carbocycles. The number of piperazine rings is 1. The number of nitrogens with one attached hydrogen (secondary N) is 2. The molecule has 3 amide bonds. The van der Waals surface area contributed by atoms with E-state index in [4.69, 9.17) is 0 Å². The highest BCUT2D eigenvalue weighted by molar-refractivity contribution is 6.11. The molecule has 1 atom stereocenters. The second-order valence-electron chi connectivity index (χ2n) is 7.35. The summed E-state index contributed by atoms with van der Waals surface area (Å²) in [5, 5.41) is 5.52. The maximum absolute atomic E-state index is 12.5. The second kappa shape index (κ2) is 7.45. The van der Waals surface area contributed by atoms with Gasteiger partial charge in [-0.3, -0.25) is 14.4 Å². The Balaban J connectivity index is 1.62. The SMILES string of the molecule is CN1CCN(C(=O)Cc2cccc(NC(=O)C3(C)CCNC3=O)c2)CC1. The number of hydrogen-bond acceptors (Lipinski definition) is 4. The second-order valence-corrected chi connectivity index (χ2v) is 7.35. The predicted octanol–water partition coefficient (Wildman–Crippen LogP) is 0.468. The Hall–Kier alpha value is -2.41. The fourth-order valence-electron chi connectivity index (χ4n) is 3.32. The fraction of sp³-hybridized carbons (Fsp3) is 0.526. The minimum absolute atomic E-state index is 0.101. The van der Waals surface area contributed by atoms with Crippen molar-refractivity contribution in [2.75, 3.05) is 45.1 Å². The van der Waals surface area contributed by atoms with Gasteiger partial charge in [-0.1, -0.05) is 12.1 Å². The summed E-state index contributed by atoms with van der Waals surface area (Å²) in [6, 6.07) is 7.28. The lowest BCUT2D eigenvalue weighted by atomic mass is 9.88. The highest BCUT2D eigenvalue weighted by Crippen LogP contribution is 2.28. The minimum atomic E-state index is -1.04. The van der Waals surface area contributed by atoms with E-state index in [1.165, 1.54) is 0 Å². The van der Waals surface area contributed by atoms with Gasteiger partial charge in [0.05, 0.1) is 6.42 Å². The zero-order chi connectivity index (χ0) is 18.7. The standard InChI is InChI=1S/C19H26N4O3/c1-19(6-7-20-17(19)25)18(26)21-15-5-3-4-14(12-15)13-16(24)23-10-8-22(2)9-11-23/h3-5,12H,6-11,13H2,1-2H3,(H,20,25)(H,21,26). The summed E-state index contributed by atoms with van der Waals surface area (Å²) in [6.45, 7) is 5.46. The van der Waals surface area contributed by atoms with Crippen molar-refractivity contribution in [3.63, 3.8) is 0 Å². The first kappa shape index (κ1) is 18.4. The van der Waals surface area contributed by atoms with Crippen molar-refractivity contribution in [1.82, 2.24) is 15.1 Å². The van der Waals surface area contributed by atoms with Crippen LogP contribution in [0.2, 0.25) is 0 Å². The van der Waals surface area contributed by atoms with E-state index in [2.05, 4.69) is 22.6 Å². The number of carbonyl (C=O) groups excluding carboxylic acids is 3. The zero-order valence-corrected chi connectivity index (χ0v) is 15.4. The van der Waals surface area contributed by atoms with Gasteiger partial charge in [-0.05, 0) is 38.1 Å². The van der Waals surface area contributed by atoms with Crippen molar-refractivity contribution in [3.05, 3.63) is 29.8 Å². The average molecular weight is 358 g/mol. The van der Waals surface area contributed by atoms with Gasteiger partial charge in [0.1, 0.15) is 5.41 Å². The van der Waals surface area contributed by atoms with Crippen LogP contribution in [0.5, 0.6) is 0 Å². The molecule has 140 valence electrons. The number of nitrogens with zero attached hydrogens (tertiary/aromatic N) is 2. The third kappa shape index (κ3) is 3.88. The molecule has 2 N–H and O–H groups in total. The molecule has 7 heteroatoms. The van der Waals surface area contributed by atoms with Crippen molar-refractivity contribution in [3.8, 4) is 0 Å². The van der Waals surface area contributed by atoms with Crippen molar-refractivity contribution in [1.29, 1.82) is 0 Å². The van der Waals surface area contributed by atoms with E-state index < -0.39 is 5.41 Å². The molecule has 0 radical (unpaired) electrons. The first-order valence-electron chi connectivity index (χ1n) is 9.03. The number of rotatable bonds is 4. The average Bonchev–Trinajstić information content (AvgIpc) is 2.96. The Morgan fingerprint density at radius 2 is 1.96 bits per heavy atom. The van der Waals surface area contributed by atoms with Gasteiger partial charge in [0.15, 0.2) is 0 Å². The van der Waals surface area contributed by atoms with Gasteiger partial charge in [-0.25, -0.2) is 0 Å². The van der Waals surface area contributed by atoms with E-state index in [1.54, 1.807) is 13.0 Å². The quantitative estimate of drug-likeness (QED) is 0.767. The largest absolute Gasteiger partial charge is 0.355 e. The minimum Gasteiger partial charge on any atom is -0.355 e. The number of carbonyl (C=O) groups is 3. The van der Waals surface area contributed by atoms with Gasteiger partial charge in [-0.2, -0.15) is 0 Å². The Morgan fingerprint density at radius 3 is 2.62 bits per heavy atom. The molecule has 0 bridgehead atoms. The van der Waals surface area contributed by atoms with Gasteiger partial charge < -0.3 is 20.4 Å². The van der Waals surface area contributed by atoms with E-state index >= 15 is 0 Å². The van der Waals surface area contributed by atoms with Crippen molar-refractivity contribution in [2.45, 2.75) is 19.8 Å². The number of benzene rings is 1. The number of hydrogen-bond donors (Lipinski definition) is 2. The van der Waals surface area contributed by atoms with Crippen LogP contribution in [0, 0.1) is 5.41 Å². The maximum Gasteiger partial charge on any atom is 0.239 e. The normalized spacial score (nSPS) is 23.6. The highest BCUT2D eigenvalue weighted by atomic mass is 16.2. The van der Waals surface area contributed by atoms with Crippen LogP contribution in [0.4, 0.5) is 5.69 Å². The van der Waals surface area contributed by atoms with Gasteiger partial charge in [-0.15, -0.1) is 0 Å². The maximum atomic E-state index is 12.5. The van der Waals surface area contributed by atoms with Crippen LogP contribution >= 0.6 is 0 Å². The van der Waals surface area contributed by atoms with Gasteiger partial charge in [0.25, 0.3) is 0 Å². The predicted molar refractivity (Wildman–Crippen MR) is 98.6 cm³/mol. The molecule has 0 aromatic heterocycles. The summed E-state index contributed by atoms with van der Waals surface area (Å²) in [5.41, 5.74) is 0.429. The van der Waals surface area contributed by atoms with E-state index in [1.807, 2.05) is 23.1 Å². The van der Waals surface area contributed by atoms with Gasteiger partial charge in [0.2, 0.25) is 17.7 Å². The van der Waals surface area contributed by atoms with Crippen LogP contribution in [0.3, 0.4) is 0 Å². The molecular formula is C19H26N4O3. The molecular weight excluding hydrogens is 332 g/mol. The summed E-state index contributed by atoms with van der Waals surface area (Å²) >= 11 is 0. The molecule has 1 aromatic rings. The first-order chi connectivity index (χ1) is 12.4. The van der Waals surface area contributed by atoms with E-state index in [9.17, 15) is 14.4 Å². The van der Waals surface area contributed by atoms with Crippen LogP contribution in [-0.4, -0.2) is 67.3 Å². The number of likely N-dealkylation sites (N-methyl/N-ethyl adjacent to an activating group) is 1. The molecule has 0 saturated carbocycles. The molecule has 2 aliphatic rings. The van der Waals surface area contributed by atoms with Crippen LogP contribution in [0.15, 0.2) is 24.3 Å². The Labute approximate surface area is 153 Å². The summed E-state index contributed by atoms with van der Waals surface area (Å²) in [7, 11) is 2.05. The van der Waals surface area contributed by atoms with E-state index in [0.29, 0.717) is 25.1 Å². The van der Waals surface area contributed by atoms with Crippen molar-refractivity contribution < 1.29 is 14.4 Å². The lowest BCUT2D eigenvalue weighted by molar-refractivity contribution is -0.136. The van der Waals surface area contributed by atoms with Crippen LogP contribution in [0.25, 0.3) is 0 Å². The third-order valence-corrected chi connectivity index (χ3v) is 5.31. The van der Waals surface area contributed by atoms with E-state index in [0.717, 1.165) is 31.7 Å². The highest BCUT2D eigenvalue weighted by Gasteiger charge is 2.44. The number of anilines is 1. The summed E-state index contributed by atoms with van der Waals surface area (Å²) in [6.07, 6.45) is 0.796. The van der Waals surface area contributed by atoms with Gasteiger partial charge in [0, 0.05) is 38.4 Å². The van der Waals surface area contributed by atoms with Crippen LogP contribution in [0.1, 0.15) is 18.9 Å². The molecule has 2 saturated heterocycles. The molecule has 1 unspecified atom stereocenters. The molecule has 3 rings (SSSR count). The monoisotopic (exact) mass is 358 g/mol. The molecule has 2 heterocycles. The molecule has 0 aliphatic carbocycles. The first-order valence-corrected chi connectivity index (χ1v) is 9.03. The molecule has 2 fully saturated rings. The molecule has 7 nitrogen and oxygen atoms in total.